The maximum Gasteiger partial charge on any atom is 0.480 e. The van der Waals surface area contributed by atoms with Gasteiger partial charge in [0.1, 0.15) is 0 Å². The van der Waals surface area contributed by atoms with E-state index in [1.165, 1.54) is 48.8 Å². The molecule has 5 atom stereocenters. The highest BCUT2D eigenvalue weighted by Gasteiger charge is 2.63. The zero-order valence-corrected chi connectivity index (χ0v) is 88.7. The van der Waals surface area contributed by atoms with E-state index >= 15 is 0 Å². The van der Waals surface area contributed by atoms with Gasteiger partial charge in [-0.05, 0) is 260 Å². The van der Waals surface area contributed by atoms with Crippen LogP contribution in [0.4, 0.5) is 0 Å². The van der Waals surface area contributed by atoms with Gasteiger partial charge in [-0.15, -0.1) is 0 Å². The van der Waals surface area contributed by atoms with Gasteiger partial charge in [-0.2, -0.15) is 0 Å². The SMILES string of the molecule is CCCCCCO[Si](CCCCC[Si](C)(C)O[Si](O[Si](C)(C)CCC[Si](OCCCCCC)(O[Si](C)(C)C)O[Si](C)(C)C)(O[Si](C)(C)CCC[Si](O[SiH2]CC(C)c1ccccc1)(O[Si](C)(C)CC(C)c1ccccc1)O[Si](C)(C)CC(C)c1ccccc1)C(C)(CC)CCCC)(O[Si](C)(C)C)O[Si](C)(C)C. The maximum absolute atomic E-state index is 8.55. The Morgan fingerprint density at radius 1 is 0.321 bits per heavy atom. The van der Waals surface area contributed by atoms with Gasteiger partial charge in [-0.25, -0.2) is 0 Å². The molecule has 0 aromatic heterocycles. The van der Waals surface area contributed by atoms with Gasteiger partial charge in [0.2, 0.25) is 0 Å². The highest BCUT2D eigenvalue weighted by Crippen LogP contribution is 2.52. The summed E-state index contributed by atoms with van der Waals surface area (Å²) in [5.41, 5.74) is 4.08. The molecule has 0 amide bonds. The number of hydrogen-bond donors (Lipinski definition) is 0. The van der Waals surface area contributed by atoms with Crippen LogP contribution in [0.15, 0.2) is 91.0 Å². The summed E-state index contributed by atoms with van der Waals surface area (Å²) in [5.74, 6) is 1.03. The summed E-state index contributed by atoms with van der Waals surface area (Å²) < 4.78 is 92.8. The van der Waals surface area contributed by atoms with Crippen molar-refractivity contribution in [2.75, 3.05) is 13.2 Å². The van der Waals surface area contributed by atoms with Gasteiger partial charge in [0.05, 0.1) is 0 Å². The van der Waals surface area contributed by atoms with Gasteiger partial charge < -0.3 is 50.0 Å². The molecule has 0 N–H and O–H groups in total. The van der Waals surface area contributed by atoms with Gasteiger partial charge in [0, 0.05) is 36.4 Å². The van der Waals surface area contributed by atoms with Gasteiger partial charge in [0.15, 0.2) is 84.6 Å². The minimum Gasteiger partial charge on any atom is -0.422 e. The van der Waals surface area contributed by atoms with Crippen LogP contribution >= 0.6 is 0 Å². The predicted octanol–water partition coefficient (Wildman–Crippen LogP) is 26.7. The van der Waals surface area contributed by atoms with Gasteiger partial charge >= 0.3 is 35.2 Å². The molecular weight excluding hydrogens is 1550 g/mol. The summed E-state index contributed by atoms with van der Waals surface area (Å²) in [5, 5.41) is -0.336. The lowest BCUT2D eigenvalue weighted by atomic mass is 10.0. The Morgan fingerprint density at radius 3 is 0.972 bits per heavy atom. The van der Waals surface area contributed by atoms with Crippen molar-refractivity contribution in [3.8, 4) is 0 Å². The second kappa shape index (κ2) is 45.7. The number of unbranched alkanes of at least 4 members (excludes halogenated alkanes) is 9. The van der Waals surface area contributed by atoms with Crippen molar-refractivity contribution in [3.05, 3.63) is 108 Å². The first-order chi connectivity index (χ1) is 48.9. The van der Waals surface area contributed by atoms with E-state index in [1.54, 1.807) is 0 Å². The molecule has 3 aromatic rings. The first-order valence-corrected chi connectivity index (χ1v) is 80.6. The van der Waals surface area contributed by atoms with Crippen molar-refractivity contribution < 1.29 is 50.0 Å². The lowest BCUT2D eigenvalue weighted by Crippen LogP contribution is -2.67. The average Bonchev–Trinajstić information content (AvgIpc) is 0.746. The first-order valence-electron chi connectivity index (χ1n) is 42.3. The molecule has 0 fully saturated rings. The molecule has 0 aliphatic heterocycles. The zero-order valence-electron chi connectivity index (χ0n) is 74.3. The third kappa shape index (κ3) is 40.2. The normalized spacial score (nSPS) is 16.5. The van der Waals surface area contributed by atoms with E-state index in [4.69, 9.17) is 50.0 Å². The van der Waals surface area contributed by atoms with Crippen LogP contribution in [-0.2, 0) is 50.0 Å². The van der Waals surface area contributed by atoms with E-state index in [2.05, 4.69) is 290 Å². The fraction of sp³-hybridized carbons (Fsp3) is 0.775. The summed E-state index contributed by atoms with van der Waals surface area (Å²) in [6.45, 7) is 72.7. The van der Waals surface area contributed by atoms with E-state index in [1.807, 2.05) is 0 Å². The van der Waals surface area contributed by atoms with Crippen molar-refractivity contribution in [2.24, 2.45) is 0 Å². The average molecular weight is 1710 g/mol. The highest BCUT2D eigenvalue weighted by atomic mass is 28.5. The minimum absolute atomic E-state index is 0.331. The van der Waals surface area contributed by atoms with Crippen LogP contribution in [0.3, 0.4) is 0 Å². The molecule has 106 heavy (non-hydrogen) atoms. The van der Waals surface area contributed by atoms with Crippen molar-refractivity contribution in [3.63, 3.8) is 0 Å². The molecule has 5 unspecified atom stereocenters. The van der Waals surface area contributed by atoms with E-state index in [9.17, 15) is 0 Å². The van der Waals surface area contributed by atoms with Gasteiger partial charge in [-0.3, -0.25) is 0 Å². The summed E-state index contributed by atoms with van der Waals surface area (Å²) in [7, 11) is -35.6. The molecule has 0 bridgehead atoms. The quantitative estimate of drug-likeness (QED) is 0.0396. The summed E-state index contributed by atoms with van der Waals surface area (Å²) in [6.07, 6.45) is 18.2. The molecule has 614 valence electrons. The van der Waals surface area contributed by atoms with Gasteiger partial charge in [0.25, 0.3) is 0 Å². The molecule has 3 rings (SSSR count). The van der Waals surface area contributed by atoms with Crippen LogP contribution in [0.5, 0.6) is 0 Å². The van der Waals surface area contributed by atoms with Crippen LogP contribution in [0.2, 0.25) is 203 Å². The fourth-order valence-electron chi connectivity index (χ4n) is 15.0. The molecular formula is C80H166O12Si14. The standard InChI is InChI=1S/C80H166O12Si14/c1-31-35-38-50-63-81-103(84-94(9,10)11,85-95(12,13)14)68-53-43-52-65-98(21,22)90-106(80(8,34-4)62-37-33-3,91-99(23,24)66-54-69-104(86-96(15,16)17,87-97(18,19)20)82-64-51-39-36-32-2)92-100(25,26)67-55-70-105(83-93-71-74(5)77-56-44-40-45-57-77,88-101(27,28)72-75(6)78-58-46-41-47-59-78)89-102(29,30)73-76(7)79-60-48-42-49-61-79/h40-42,44-49,56-61,74-76H,31-39,43,50-55,62-73,93H2,1-30H3. The minimum atomic E-state index is -3.70. The van der Waals surface area contributed by atoms with Crippen LogP contribution in [0.25, 0.3) is 0 Å². The third-order valence-electron chi connectivity index (χ3n) is 20.0. The van der Waals surface area contributed by atoms with Crippen LogP contribution < -0.4 is 0 Å². The van der Waals surface area contributed by atoms with Crippen molar-refractivity contribution in [1.82, 2.24) is 0 Å². The largest absolute Gasteiger partial charge is 0.480 e. The maximum atomic E-state index is 8.55. The Hall–Kier alpha value is 0.216. The van der Waals surface area contributed by atoms with Crippen LogP contribution in [-0.4, -0.2) is 133 Å². The first kappa shape index (κ1) is 100. The Kier molecular flexibility index (Phi) is 43.2. The van der Waals surface area contributed by atoms with E-state index < -0.39 is 120 Å². The smallest absolute Gasteiger partial charge is 0.422 e. The van der Waals surface area contributed by atoms with Crippen molar-refractivity contribution in [1.29, 1.82) is 0 Å². The van der Waals surface area contributed by atoms with Crippen molar-refractivity contribution >= 4 is 120 Å². The Balaban J connectivity index is 2.33. The van der Waals surface area contributed by atoms with Crippen LogP contribution in [0, 0.1) is 0 Å². The molecule has 0 saturated heterocycles. The highest BCUT2D eigenvalue weighted by molar-refractivity contribution is 6.93. The van der Waals surface area contributed by atoms with Gasteiger partial charge in [-0.1, -0.05) is 211 Å². The monoisotopic (exact) mass is 1710 g/mol. The third-order valence-corrected chi connectivity index (χ3v) is 69.4. The molecule has 0 spiro atoms. The Labute approximate surface area is 671 Å². The molecule has 0 heterocycles. The second-order valence-corrected chi connectivity index (χ2v) is 93.7. The second-order valence-electron chi connectivity index (χ2n) is 38.9. The lowest BCUT2D eigenvalue weighted by Gasteiger charge is -2.53. The van der Waals surface area contributed by atoms with Crippen molar-refractivity contribution in [2.45, 2.75) is 386 Å². The number of benzene rings is 3. The summed E-state index contributed by atoms with van der Waals surface area (Å²) in [4.78, 5) is 0. The summed E-state index contributed by atoms with van der Waals surface area (Å²) in [6, 6.07) is 41.4. The Bertz CT molecular complexity index is 2750. The van der Waals surface area contributed by atoms with Crippen LogP contribution in [0.1, 0.15) is 199 Å². The Morgan fingerprint density at radius 2 is 0.632 bits per heavy atom. The summed E-state index contributed by atoms with van der Waals surface area (Å²) >= 11 is 0. The molecule has 12 nitrogen and oxygen atoms in total. The molecule has 0 aliphatic rings. The molecule has 3 aromatic carbocycles. The zero-order chi connectivity index (χ0) is 80.1. The molecule has 26 heteroatoms. The molecule has 0 aliphatic carbocycles. The van der Waals surface area contributed by atoms with E-state index in [0.29, 0.717) is 31.0 Å². The topological polar surface area (TPSA) is 111 Å². The van der Waals surface area contributed by atoms with E-state index in [0.717, 1.165) is 131 Å². The molecule has 0 saturated carbocycles. The number of hydrogen-bond acceptors (Lipinski definition) is 12. The molecule has 0 radical (unpaired) electrons. The number of rotatable bonds is 60. The fourth-order valence-corrected chi connectivity index (χ4v) is 72.7. The van der Waals surface area contributed by atoms with E-state index in [-0.39, 0.29) is 5.04 Å². The lowest BCUT2D eigenvalue weighted by molar-refractivity contribution is 0.154. The predicted molar refractivity (Wildman–Crippen MR) is 492 cm³/mol.